The monoisotopic (exact) mass is 584 g/mol. The zero-order valence-corrected chi connectivity index (χ0v) is 22.7. The maximum absolute atomic E-state index is 14.4. The van der Waals surface area contributed by atoms with Crippen molar-refractivity contribution < 1.29 is 28.3 Å². The van der Waals surface area contributed by atoms with E-state index in [1.54, 1.807) is 0 Å². The van der Waals surface area contributed by atoms with Gasteiger partial charge < -0.3 is 19.6 Å². The molecule has 1 aliphatic rings. The van der Waals surface area contributed by atoms with Crippen LogP contribution in [0, 0.1) is 17.0 Å². The van der Waals surface area contributed by atoms with E-state index in [2.05, 4.69) is 21.1 Å². The van der Waals surface area contributed by atoms with Crippen molar-refractivity contribution in [2.75, 3.05) is 6.54 Å². The largest absolute Gasteiger partial charge is 0.465 e. The van der Waals surface area contributed by atoms with E-state index in [1.165, 1.54) is 11.0 Å². The van der Waals surface area contributed by atoms with E-state index in [9.17, 15) is 23.8 Å². The molecule has 0 saturated carbocycles. The molecule has 1 saturated heterocycles. The van der Waals surface area contributed by atoms with E-state index < -0.39 is 40.7 Å². The van der Waals surface area contributed by atoms with Gasteiger partial charge in [-0.2, -0.15) is 0 Å². The minimum absolute atomic E-state index is 0.00873. The predicted octanol–water partition coefficient (Wildman–Crippen LogP) is 7.31. The van der Waals surface area contributed by atoms with Gasteiger partial charge in [0.05, 0.1) is 16.4 Å². The van der Waals surface area contributed by atoms with Crippen molar-refractivity contribution in [2.45, 2.75) is 44.8 Å². The Morgan fingerprint density at radius 1 is 1.11 bits per heavy atom. The number of carbonyl (C=O) groups is 1. The van der Waals surface area contributed by atoms with Crippen molar-refractivity contribution >= 4 is 32.8 Å². The smallest absolute Gasteiger partial charge is 0.407 e. The number of nitrogens with zero attached hydrogens (tertiary/aromatic N) is 2. The molecule has 1 unspecified atom stereocenters. The topological polar surface area (TPSA) is 86.8 Å². The SMILES string of the molecule is CC(C)(C)C1[C@H](c2onc(-c3cccc4ccccc34)c2Br)[C@@](O)(c2ccc(F)c(F)c2)CCN1C(=O)O. The van der Waals surface area contributed by atoms with Crippen molar-refractivity contribution in [3.8, 4) is 11.3 Å². The zero-order chi connectivity index (χ0) is 27.4. The lowest BCUT2D eigenvalue weighted by atomic mass is 9.64. The molecule has 38 heavy (non-hydrogen) atoms. The summed E-state index contributed by atoms with van der Waals surface area (Å²) in [5.41, 5.74) is -1.04. The molecule has 9 heteroatoms. The Balaban J connectivity index is 1.75. The number of aromatic nitrogens is 1. The number of fused-ring (bicyclic) bond motifs is 1. The highest BCUT2D eigenvalue weighted by Gasteiger charge is 2.56. The third-order valence-corrected chi connectivity index (χ3v) is 8.21. The molecule has 0 aliphatic carbocycles. The van der Waals surface area contributed by atoms with E-state index in [0.29, 0.717) is 10.2 Å². The molecule has 4 aromatic rings. The molecule has 3 atom stereocenters. The average Bonchev–Trinajstić information content (AvgIpc) is 3.24. The maximum atomic E-state index is 14.4. The number of rotatable bonds is 3. The Morgan fingerprint density at radius 3 is 2.50 bits per heavy atom. The van der Waals surface area contributed by atoms with Gasteiger partial charge in [0.15, 0.2) is 17.4 Å². The number of likely N-dealkylation sites (tertiary alicyclic amines) is 1. The Labute approximate surface area is 227 Å². The van der Waals surface area contributed by atoms with Crippen LogP contribution in [0.2, 0.25) is 0 Å². The first kappa shape index (κ1) is 26.3. The standard InChI is InChI=1S/C29H27BrF2N2O4/c1-28(2,3)26-22(29(37,13-14-34(26)27(35)36)17-11-12-20(31)21(32)15-17)25-23(30)24(33-38-25)19-10-6-8-16-7-4-5-9-18(16)19/h4-12,15,22,26,37H,13-14H2,1-3H3,(H,35,36)/t22-,26?,29-/m0/s1. The van der Waals surface area contributed by atoms with E-state index in [1.807, 2.05) is 63.2 Å². The molecule has 1 aromatic heterocycles. The van der Waals surface area contributed by atoms with Crippen LogP contribution < -0.4 is 0 Å². The van der Waals surface area contributed by atoms with Gasteiger partial charge in [-0.25, -0.2) is 13.6 Å². The summed E-state index contributed by atoms with van der Waals surface area (Å²) in [5.74, 6) is -2.91. The van der Waals surface area contributed by atoms with Gasteiger partial charge in [-0.1, -0.05) is 74.5 Å². The second-order valence-corrected chi connectivity index (χ2v) is 11.6. The second kappa shape index (κ2) is 9.47. The lowest BCUT2D eigenvalue weighted by molar-refractivity contribution is -0.0977. The van der Waals surface area contributed by atoms with Gasteiger partial charge >= 0.3 is 6.09 Å². The highest BCUT2D eigenvalue weighted by molar-refractivity contribution is 9.10. The fraction of sp³-hybridized carbons (Fsp3) is 0.310. The molecule has 0 radical (unpaired) electrons. The minimum atomic E-state index is -1.78. The highest BCUT2D eigenvalue weighted by atomic mass is 79.9. The number of benzene rings is 3. The van der Waals surface area contributed by atoms with E-state index >= 15 is 0 Å². The summed E-state index contributed by atoms with van der Waals surface area (Å²) in [7, 11) is 0. The van der Waals surface area contributed by atoms with Crippen LogP contribution in [0.25, 0.3) is 22.0 Å². The van der Waals surface area contributed by atoms with Crippen LogP contribution in [0.5, 0.6) is 0 Å². The quantitative estimate of drug-likeness (QED) is 0.264. The van der Waals surface area contributed by atoms with Crippen LogP contribution in [0.3, 0.4) is 0 Å². The van der Waals surface area contributed by atoms with Gasteiger partial charge in [0.2, 0.25) is 0 Å². The first-order valence-corrected chi connectivity index (χ1v) is 13.0. The molecule has 6 nitrogen and oxygen atoms in total. The van der Waals surface area contributed by atoms with Crippen molar-refractivity contribution in [3.63, 3.8) is 0 Å². The Morgan fingerprint density at radius 2 is 1.82 bits per heavy atom. The second-order valence-electron chi connectivity index (χ2n) is 10.8. The third-order valence-electron chi connectivity index (χ3n) is 7.44. The van der Waals surface area contributed by atoms with Gasteiger partial charge in [-0.05, 0) is 56.2 Å². The molecule has 1 aliphatic heterocycles. The molecule has 0 spiro atoms. The van der Waals surface area contributed by atoms with Crippen molar-refractivity contribution in [2.24, 2.45) is 5.41 Å². The summed E-state index contributed by atoms with van der Waals surface area (Å²) < 4.78 is 34.6. The fourth-order valence-corrected chi connectivity index (χ4v) is 6.35. The highest BCUT2D eigenvalue weighted by Crippen LogP contribution is 2.54. The lowest BCUT2D eigenvalue weighted by Crippen LogP contribution is -2.60. The van der Waals surface area contributed by atoms with Gasteiger partial charge in [0.1, 0.15) is 11.3 Å². The molecule has 1 amide bonds. The summed E-state index contributed by atoms with van der Waals surface area (Å²) >= 11 is 3.64. The first-order valence-electron chi connectivity index (χ1n) is 12.2. The first-order chi connectivity index (χ1) is 17.9. The molecule has 5 rings (SSSR count). The van der Waals surface area contributed by atoms with E-state index in [4.69, 9.17) is 4.52 Å². The molecule has 1 fully saturated rings. The van der Waals surface area contributed by atoms with Gasteiger partial charge in [-0.3, -0.25) is 0 Å². The zero-order valence-electron chi connectivity index (χ0n) is 21.1. The maximum Gasteiger partial charge on any atom is 0.407 e. The fourth-order valence-electron chi connectivity index (χ4n) is 5.74. The van der Waals surface area contributed by atoms with Crippen molar-refractivity contribution in [1.29, 1.82) is 0 Å². The molecule has 2 N–H and O–H groups in total. The Bertz CT molecular complexity index is 1530. The summed E-state index contributed by atoms with van der Waals surface area (Å²) in [6.07, 6.45) is -1.20. The van der Waals surface area contributed by atoms with Crippen LogP contribution >= 0.6 is 15.9 Å². The van der Waals surface area contributed by atoms with Crippen LogP contribution in [0.4, 0.5) is 13.6 Å². The molecular formula is C29H27BrF2N2O4. The predicted molar refractivity (Wildman–Crippen MR) is 143 cm³/mol. The lowest BCUT2D eigenvalue weighted by Gasteiger charge is -2.53. The Kier molecular flexibility index (Phi) is 6.55. The summed E-state index contributed by atoms with van der Waals surface area (Å²) in [6.45, 7) is 5.60. The van der Waals surface area contributed by atoms with Crippen LogP contribution in [0.15, 0.2) is 69.7 Å². The number of carboxylic acid groups (broad SMARTS) is 1. The van der Waals surface area contributed by atoms with E-state index in [-0.39, 0.29) is 24.3 Å². The number of hydrogen-bond donors (Lipinski definition) is 2. The number of amides is 1. The average molecular weight is 585 g/mol. The van der Waals surface area contributed by atoms with Gasteiger partial charge in [0, 0.05) is 12.1 Å². The van der Waals surface area contributed by atoms with Gasteiger partial charge in [-0.15, -0.1) is 0 Å². The van der Waals surface area contributed by atoms with Crippen molar-refractivity contribution in [1.82, 2.24) is 10.1 Å². The number of halogens is 3. The molecule has 198 valence electrons. The molecular weight excluding hydrogens is 558 g/mol. The number of hydrogen-bond acceptors (Lipinski definition) is 4. The van der Waals surface area contributed by atoms with Gasteiger partial charge in [0.25, 0.3) is 0 Å². The third kappa shape index (κ3) is 4.27. The van der Waals surface area contributed by atoms with E-state index in [0.717, 1.165) is 28.5 Å². The molecule has 0 bridgehead atoms. The normalized spacial score (nSPS) is 22.1. The van der Waals surface area contributed by atoms with Crippen LogP contribution in [0.1, 0.15) is 44.4 Å². The summed E-state index contributed by atoms with van der Waals surface area (Å²) in [4.78, 5) is 13.7. The number of piperidine rings is 1. The molecule has 2 heterocycles. The summed E-state index contributed by atoms with van der Waals surface area (Å²) in [6, 6.07) is 16.1. The molecule has 3 aromatic carbocycles. The van der Waals surface area contributed by atoms with Crippen LogP contribution in [-0.2, 0) is 5.60 Å². The van der Waals surface area contributed by atoms with Crippen LogP contribution in [-0.4, -0.2) is 38.9 Å². The summed E-state index contributed by atoms with van der Waals surface area (Å²) in [5, 5.41) is 28.7. The Hall–Kier alpha value is -3.30. The van der Waals surface area contributed by atoms with Crippen molar-refractivity contribution in [3.05, 3.63) is 88.1 Å². The minimum Gasteiger partial charge on any atom is -0.465 e. The number of aliphatic hydroxyl groups is 1.